The van der Waals surface area contributed by atoms with Crippen LogP contribution in [-0.4, -0.2) is 62.4 Å². The summed E-state index contributed by atoms with van der Waals surface area (Å²) in [6.07, 6.45) is -5.08. The van der Waals surface area contributed by atoms with Gasteiger partial charge in [0.05, 0.1) is 21.8 Å². The summed E-state index contributed by atoms with van der Waals surface area (Å²) in [6.45, 7) is 9.89. The standard InChI is InChI=1S/C27H31N3O4S.C2HF3O2/c1-18-6-5-7-23(14-18)30-13-12-29(17-21(30)4)25-11-10-22(27(31)32)16-24(25)28-35(33,34)26-15-19(2)8-9-20(26)3;3-2(4,5)1(6)7/h5-11,14-16,21,28H,12-13,17H2,1-4H3,(H,31,32);(H,6,7). The highest BCUT2D eigenvalue weighted by molar-refractivity contribution is 7.92. The summed E-state index contributed by atoms with van der Waals surface area (Å²) in [5.41, 5.74) is 4.77. The topological polar surface area (TPSA) is 127 Å². The Hall–Kier alpha value is -4.26. The molecule has 1 aliphatic heterocycles. The van der Waals surface area contributed by atoms with Crippen molar-refractivity contribution in [3.05, 3.63) is 82.9 Å². The van der Waals surface area contributed by atoms with Crippen molar-refractivity contribution >= 4 is 39.0 Å². The van der Waals surface area contributed by atoms with Gasteiger partial charge in [-0.1, -0.05) is 24.3 Å². The molecule has 1 heterocycles. The van der Waals surface area contributed by atoms with E-state index in [9.17, 15) is 31.5 Å². The van der Waals surface area contributed by atoms with Crippen molar-refractivity contribution in [2.75, 3.05) is 34.2 Å². The number of aromatic carboxylic acids is 1. The molecule has 0 aliphatic carbocycles. The Kier molecular flexibility index (Phi) is 9.77. The molecule has 1 saturated heterocycles. The van der Waals surface area contributed by atoms with E-state index in [4.69, 9.17) is 9.90 Å². The van der Waals surface area contributed by atoms with E-state index in [-0.39, 0.29) is 22.2 Å². The van der Waals surface area contributed by atoms with Gasteiger partial charge in [-0.25, -0.2) is 18.0 Å². The first-order valence-electron chi connectivity index (χ1n) is 12.9. The molecule has 42 heavy (non-hydrogen) atoms. The fourth-order valence-electron chi connectivity index (χ4n) is 4.59. The number of rotatable bonds is 6. The number of alkyl halides is 3. The lowest BCUT2D eigenvalue weighted by Crippen LogP contribution is -2.52. The van der Waals surface area contributed by atoms with Gasteiger partial charge in [-0.05, 0) is 80.8 Å². The highest BCUT2D eigenvalue weighted by Gasteiger charge is 2.38. The number of carbonyl (C=O) groups is 2. The zero-order valence-corrected chi connectivity index (χ0v) is 24.3. The van der Waals surface area contributed by atoms with Crippen LogP contribution in [-0.2, 0) is 14.8 Å². The predicted octanol–water partition coefficient (Wildman–Crippen LogP) is 5.46. The fourth-order valence-corrected chi connectivity index (χ4v) is 5.99. The number of nitrogens with one attached hydrogen (secondary N) is 1. The van der Waals surface area contributed by atoms with Crippen molar-refractivity contribution in [2.24, 2.45) is 0 Å². The number of benzene rings is 3. The van der Waals surface area contributed by atoms with E-state index in [1.54, 1.807) is 25.1 Å². The zero-order valence-electron chi connectivity index (χ0n) is 23.4. The summed E-state index contributed by atoms with van der Waals surface area (Å²) in [4.78, 5) is 25.2. The Labute approximate surface area is 242 Å². The summed E-state index contributed by atoms with van der Waals surface area (Å²) < 4.78 is 61.1. The van der Waals surface area contributed by atoms with E-state index in [2.05, 4.69) is 52.6 Å². The van der Waals surface area contributed by atoms with Gasteiger partial charge in [0.25, 0.3) is 10.0 Å². The van der Waals surface area contributed by atoms with E-state index < -0.39 is 28.1 Å². The molecular weight excluding hydrogens is 575 g/mol. The van der Waals surface area contributed by atoms with E-state index >= 15 is 0 Å². The highest BCUT2D eigenvalue weighted by atomic mass is 32.2. The van der Waals surface area contributed by atoms with Crippen LogP contribution in [0.2, 0.25) is 0 Å². The van der Waals surface area contributed by atoms with Gasteiger partial charge in [0, 0.05) is 31.4 Å². The molecule has 3 N–H and O–H groups in total. The second-order valence-electron chi connectivity index (χ2n) is 10.0. The van der Waals surface area contributed by atoms with Crippen molar-refractivity contribution < 1.29 is 41.4 Å². The number of carboxylic acids is 2. The molecule has 9 nitrogen and oxygen atoms in total. The molecule has 3 aromatic carbocycles. The molecule has 1 fully saturated rings. The van der Waals surface area contributed by atoms with Gasteiger partial charge in [-0.3, -0.25) is 4.72 Å². The van der Waals surface area contributed by atoms with E-state index in [1.807, 2.05) is 13.0 Å². The summed E-state index contributed by atoms with van der Waals surface area (Å²) in [6, 6.07) is 18.4. The molecule has 4 rings (SSSR count). The van der Waals surface area contributed by atoms with Crippen molar-refractivity contribution in [3.8, 4) is 0 Å². The normalized spacial score (nSPS) is 15.5. The first kappa shape index (κ1) is 32.3. The van der Waals surface area contributed by atoms with Crippen LogP contribution in [0, 0.1) is 20.8 Å². The average Bonchev–Trinajstić information content (AvgIpc) is 2.89. The number of aryl methyl sites for hydroxylation is 3. The monoisotopic (exact) mass is 607 g/mol. The SMILES string of the molecule is Cc1cccc(N2CCN(c3ccc(C(=O)O)cc3NS(=O)(=O)c3cc(C)ccc3C)CC2C)c1.O=C(O)C(F)(F)F. The Balaban J connectivity index is 0.000000616. The van der Waals surface area contributed by atoms with Gasteiger partial charge in [-0.15, -0.1) is 0 Å². The smallest absolute Gasteiger partial charge is 0.478 e. The molecule has 0 spiro atoms. The lowest BCUT2D eigenvalue weighted by Gasteiger charge is -2.43. The van der Waals surface area contributed by atoms with Crippen LogP contribution in [0.5, 0.6) is 0 Å². The van der Waals surface area contributed by atoms with Crippen LogP contribution in [0.1, 0.15) is 34.0 Å². The summed E-state index contributed by atoms with van der Waals surface area (Å²) >= 11 is 0. The summed E-state index contributed by atoms with van der Waals surface area (Å²) in [7, 11) is -3.92. The quantitative estimate of drug-likeness (QED) is 0.337. The first-order valence-corrected chi connectivity index (χ1v) is 14.3. The lowest BCUT2D eigenvalue weighted by molar-refractivity contribution is -0.192. The molecule has 1 unspecified atom stereocenters. The third-order valence-corrected chi connectivity index (χ3v) is 8.17. The van der Waals surface area contributed by atoms with Crippen LogP contribution < -0.4 is 14.5 Å². The molecular formula is C29H32F3N3O6S. The van der Waals surface area contributed by atoms with Crippen LogP contribution in [0.4, 0.5) is 30.2 Å². The van der Waals surface area contributed by atoms with Gasteiger partial charge >= 0.3 is 18.1 Å². The zero-order chi connectivity index (χ0) is 31.4. The molecule has 0 radical (unpaired) electrons. The molecule has 0 amide bonds. The van der Waals surface area contributed by atoms with Gasteiger partial charge in [0.2, 0.25) is 0 Å². The highest BCUT2D eigenvalue weighted by Crippen LogP contribution is 2.33. The van der Waals surface area contributed by atoms with Crippen LogP contribution in [0.3, 0.4) is 0 Å². The number of carboxylic acid groups (broad SMARTS) is 2. The van der Waals surface area contributed by atoms with Crippen LogP contribution >= 0.6 is 0 Å². The van der Waals surface area contributed by atoms with Gasteiger partial charge in [0.15, 0.2) is 0 Å². The fraction of sp³-hybridized carbons (Fsp3) is 0.310. The van der Waals surface area contributed by atoms with Crippen LogP contribution in [0.15, 0.2) is 65.6 Å². The number of nitrogens with zero attached hydrogens (tertiary/aromatic N) is 2. The average molecular weight is 608 g/mol. The third-order valence-electron chi connectivity index (χ3n) is 6.66. The molecule has 1 atom stereocenters. The number of sulfonamides is 1. The minimum absolute atomic E-state index is 0.0267. The largest absolute Gasteiger partial charge is 0.490 e. The number of anilines is 3. The maximum absolute atomic E-state index is 13.3. The van der Waals surface area contributed by atoms with Crippen molar-refractivity contribution in [1.29, 1.82) is 0 Å². The molecule has 13 heteroatoms. The van der Waals surface area contributed by atoms with Gasteiger partial charge in [-0.2, -0.15) is 13.2 Å². The molecule has 1 aliphatic rings. The van der Waals surface area contributed by atoms with Crippen molar-refractivity contribution in [2.45, 2.75) is 44.8 Å². The first-order chi connectivity index (χ1) is 19.5. The molecule has 0 bridgehead atoms. The lowest BCUT2D eigenvalue weighted by atomic mass is 10.1. The van der Waals surface area contributed by atoms with Gasteiger partial charge < -0.3 is 20.0 Å². The maximum Gasteiger partial charge on any atom is 0.490 e. The Morgan fingerprint density at radius 1 is 0.929 bits per heavy atom. The third kappa shape index (κ3) is 7.93. The second-order valence-corrected chi connectivity index (χ2v) is 11.7. The number of hydrogen-bond donors (Lipinski definition) is 3. The van der Waals surface area contributed by atoms with Crippen molar-refractivity contribution in [3.63, 3.8) is 0 Å². The second kappa shape index (κ2) is 12.7. The maximum atomic E-state index is 13.3. The minimum atomic E-state index is -5.08. The Bertz CT molecular complexity index is 1580. The Morgan fingerprint density at radius 2 is 1.57 bits per heavy atom. The number of hydrogen-bond acceptors (Lipinski definition) is 6. The molecule has 226 valence electrons. The van der Waals surface area contributed by atoms with E-state index in [1.165, 1.54) is 17.7 Å². The predicted molar refractivity (Wildman–Crippen MR) is 154 cm³/mol. The Morgan fingerprint density at radius 3 is 2.14 bits per heavy atom. The minimum Gasteiger partial charge on any atom is -0.478 e. The number of halogens is 3. The van der Waals surface area contributed by atoms with Gasteiger partial charge in [0.1, 0.15) is 0 Å². The number of aliphatic carboxylic acids is 1. The molecule has 3 aromatic rings. The van der Waals surface area contributed by atoms with Crippen molar-refractivity contribution in [1.82, 2.24) is 0 Å². The number of piperazine rings is 1. The van der Waals surface area contributed by atoms with E-state index in [0.717, 1.165) is 17.8 Å². The summed E-state index contributed by atoms with van der Waals surface area (Å²) in [5, 5.41) is 16.7. The molecule has 0 aromatic heterocycles. The molecule has 0 saturated carbocycles. The van der Waals surface area contributed by atoms with E-state index in [0.29, 0.717) is 24.3 Å². The van der Waals surface area contributed by atoms with Crippen LogP contribution in [0.25, 0.3) is 0 Å². The summed E-state index contributed by atoms with van der Waals surface area (Å²) in [5.74, 6) is -3.87.